The highest BCUT2D eigenvalue weighted by molar-refractivity contribution is 6.24. The van der Waals surface area contributed by atoms with E-state index in [0.29, 0.717) is 17.5 Å². The topological polar surface area (TPSA) is 69.9 Å². The van der Waals surface area contributed by atoms with E-state index in [-0.39, 0.29) is 0 Å². The lowest BCUT2D eigenvalue weighted by Gasteiger charge is -2.17. The molecule has 15 rings (SSSR count). The molecule has 0 N–H and O–H groups in total. The molecular formula is C63H36N4O2. The highest BCUT2D eigenvalue weighted by Gasteiger charge is 2.27. The molecule has 0 bridgehead atoms. The zero-order valence-corrected chi connectivity index (χ0v) is 36.9. The Morgan fingerprint density at radius 1 is 0.319 bits per heavy atom. The number of hydrogen-bond donors (Lipinski definition) is 0. The zero-order chi connectivity index (χ0) is 45.2. The molecule has 0 saturated heterocycles. The predicted molar refractivity (Wildman–Crippen MR) is 283 cm³/mol. The van der Waals surface area contributed by atoms with Crippen LogP contribution in [0.4, 0.5) is 0 Å². The maximum absolute atomic E-state index is 7.02. The first-order chi connectivity index (χ1) is 34.2. The van der Waals surface area contributed by atoms with Crippen molar-refractivity contribution in [2.24, 2.45) is 0 Å². The number of furan rings is 2. The minimum absolute atomic E-state index is 0.535. The molecule has 0 spiro atoms. The van der Waals surface area contributed by atoms with Gasteiger partial charge in [0.2, 0.25) is 0 Å². The van der Waals surface area contributed by atoms with Gasteiger partial charge in [-0.3, -0.25) is 0 Å². The molecular weight excluding hydrogens is 845 g/mol. The second kappa shape index (κ2) is 14.6. The summed E-state index contributed by atoms with van der Waals surface area (Å²) in [4.78, 5) is 16.5. The molecule has 0 atom stereocenters. The molecule has 0 aliphatic heterocycles. The summed E-state index contributed by atoms with van der Waals surface area (Å²) in [5, 5.41) is 13.1. The van der Waals surface area contributed by atoms with Gasteiger partial charge in [0.05, 0.1) is 22.1 Å². The van der Waals surface area contributed by atoms with E-state index in [0.717, 1.165) is 126 Å². The third kappa shape index (κ3) is 5.69. The van der Waals surface area contributed by atoms with Gasteiger partial charge in [-0.2, -0.15) is 0 Å². The first-order valence-corrected chi connectivity index (χ1v) is 23.3. The molecule has 11 aromatic carbocycles. The Kier molecular flexibility index (Phi) is 7.97. The van der Waals surface area contributed by atoms with Gasteiger partial charge in [-0.15, -0.1) is 0 Å². The van der Waals surface area contributed by atoms with Crippen LogP contribution in [-0.4, -0.2) is 19.5 Å². The number of benzene rings is 11. The normalized spacial score (nSPS) is 12.1. The maximum Gasteiger partial charge on any atom is 0.166 e. The van der Waals surface area contributed by atoms with E-state index in [1.54, 1.807) is 0 Å². The lowest BCUT2D eigenvalue weighted by molar-refractivity contribution is 0.669. The number of nitrogens with zero attached hydrogens (tertiary/aromatic N) is 4. The lowest BCUT2D eigenvalue weighted by Crippen LogP contribution is -2.04. The fourth-order valence-corrected chi connectivity index (χ4v) is 10.9. The molecule has 0 radical (unpaired) electrons. The van der Waals surface area contributed by atoms with Gasteiger partial charge < -0.3 is 13.4 Å². The van der Waals surface area contributed by atoms with Gasteiger partial charge in [-0.1, -0.05) is 170 Å². The molecule has 0 saturated carbocycles. The van der Waals surface area contributed by atoms with Crippen LogP contribution in [0.2, 0.25) is 0 Å². The lowest BCUT2D eigenvalue weighted by atomic mass is 10.0. The van der Waals surface area contributed by atoms with Crippen molar-refractivity contribution in [1.29, 1.82) is 0 Å². The van der Waals surface area contributed by atoms with E-state index in [1.165, 1.54) is 5.39 Å². The van der Waals surface area contributed by atoms with Crippen LogP contribution in [0, 0.1) is 0 Å². The van der Waals surface area contributed by atoms with Gasteiger partial charge in [0, 0.05) is 54.4 Å². The summed E-state index contributed by atoms with van der Waals surface area (Å²) in [7, 11) is 0. The molecule has 0 aliphatic carbocycles. The second-order valence-electron chi connectivity index (χ2n) is 17.9. The molecule has 0 amide bonds. The standard InChI is InChI=1S/C63H36N4O2/c1-2-14-37(15-3-1)40-20-12-21-43(34-40)61-64-62(49-25-13-27-54-56(49)47-24-10-11-26-53(47)68-54)66-63(65-61)50-32-33-55-57(48-31-29-39-17-7-9-23-45(39)60(48)69-55)59(50)67-52-36-42-19-5-4-18-41(42)35-51(52)46-30-28-38-16-6-8-22-44(38)58(46)67/h1-36H. The smallest absolute Gasteiger partial charge is 0.166 e. The Morgan fingerprint density at radius 2 is 0.928 bits per heavy atom. The third-order valence-electron chi connectivity index (χ3n) is 14.0. The van der Waals surface area contributed by atoms with E-state index in [4.69, 9.17) is 23.8 Å². The van der Waals surface area contributed by atoms with Crippen LogP contribution in [0.1, 0.15) is 0 Å². The van der Waals surface area contributed by atoms with Gasteiger partial charge in [-0.05, 0) is 81.2 Å². The van der Waals surface area contributed by atoms with E-state index in [9.17, 15) is 0 Å². The van der Waals surface area contributed by atoms with Crippen molar-refractivity contribution < 1.29 is 8.83 Å². The highest BCUT2D eigenvalue weighted by Crippen LogP contribution is 2.47. The number of para-hydroxylation sites is 1. The van der Waals surface area contributed by atoms with Gasteiger partial charge >= 0.3 is 0 Å². The number of rotatable bonds is 5. The average Bonchev–Trinajstić information content (AvgIpc) is 4.10. The molecule has 4 heterocycles. The molecule has 4 aromatic heterocycles. The number of fused-ring (bicyclic) bond motifs is 14. The minimum atomic E-state index is 0.535. The van der Waals surface area contributed by atoms with Crippen molar-refractivity contribution in [1.82, 2.24) is 19.5 Å². The van der Waals surface area contributed by atoms with Crippen molar-refractivity contribution in [2.45, 2.75) is 0 Å². The van der Waals surface area contributed by atoms with Crippen LogP contribution in [-0.2, 0) is 0 Å². The van der Waals surface area contributed by atoms with Crippen LogP contribution in [0.3, 0.4) is 0 Å². The third-order valence-corrected chi connectivity index (χ3v) is 14.0. The minimum Gasteiger partial charge on any atom is -0.456 e. The van der Waals surface area contributed by atoms with E-state index >= 15 is 0 Å². The summed E-state index contributed by atoms with van der Waals surface area (Å²) in [6, 6.07) is 76.8. The van der Waals surface area contributed by atoms with E-state index in [1.807, 2.05) is 36.4 Å². The SMILES string of the molecule is c1ccc(-c2cccc(-c3nc(-c4ccc5oc6c7ccccc7ccc6c5c4-n4c5cc6ccccc6cc5c5ccc6ccccc6c54)nc(-c4cccc5oc6ccccc6c45)n3)c2)cc1. The van der Waals surface area contributed by atoms with E-state index in [2.05, 4.69) is 187 Å². The fraction of sp³-hybridized carbons (Fsp3) is 0. The molecule has 6 heteroatoms. The largest absolute Gasteiger partial charge is 0.456 e. The summed E-state index contributed by atoms with van der Waals surface area (Å²) in [6.45, 7) is 0. The quantitative estimate of drug-likeness (QED) is 0.172. The van der Waals surface area contributed by atoms with Crippen molar-refractivity contribution in [3.8, 4) is 51.0 Å². The van der Waals surface area contributed by atoms with Gasteiger partial charge in [-0.25, -0.2) is 15.0 Å². The van der Waals surface area contributed by atoms with Crippen LogP contribution in [0.5, 0.6) is 0 Å². The first-order valence-electron chi connectivity index (χ1n) is 23.3. The van der Waals surface area contributed by atoms with Crippen LogP contribution in [0.15, 0.2) is 227 Å². The summed E-state index contributed by atoms with van der Waals surface area (Å²) < 4.78 is 15.9. The van der Waals surface area contributed by atoms with Crippen molar-refractivity contribution in [2.75, 3.05) is 0 Å². The summed E-state index contributed by atoms with van der Waals surface area (Å²) in [5.41, 5.74) is 11.1. The van der Waals surface area contributed by atoms with Gasteiger partial charge in [0.25, 0.3) is 0 Å². The molecule has 0 unspecified atom stereocenters. The zero-order valence-electron chi connectivity index (χ0n) is 36.9. The Hall–Kier alpha value is -9.39. The van der Waals surface area contributed by atoms with Crippen LogP contribution < -0.4 is 0 Å². The molecule has 6 nitrogen and oxygen atoms in total. The van der Waals surface area contributed by atoms with Gasteiger partial charge in [0.15, 0.2) is 17.5 Å². The Labute approximate surface area is 394 Å². The fourth-order valence-electron chi connectivity index (χ4n) is 10.9. The van der Waals surface area contributed by atoms with Crippen LogP contribution in [0.25, 0.3) is 149 Å². The molecule has 320 valence electrons. The van der Waals surface area contributed by atoms with Crippen LogP contribution >= 0.6 is 0 Å². The van der Waals surface area contributed by atoms with Gasteiger partial charge in [0.1, 0.15) is 22.3 Å². The summed E-state index contributed by atoms with van der Waals surface area (Å²) in [5.74, 6) is 1.64. The first kappa shape index (κ1) is 37.8. The van der Waals surface area contributed by atoms with Crippen molar-refractivity contribution in [3.63, 3.8) is 0 Å². The Bertz CT molecular complexity index is 4620. The maximum atomic E-state index is 7.02. The number of aromatic nitrogens is 4. The molecule has 0 aliphatic rings. The Morgan fingerprint density at radius 3 is 1.77 bits per heavy atom. The molecule has 0 fully saturated rings. The summed E-state index contributed by atoms with van der Waals surface area (Å²) >= 11 is 0. The monoisotopic (exact) mass is 880 g/mol. The number of hydrogen-bond acceptors (Lipinski definition) is 5. The predicted octanol–water partition coefficient (Wildman–Crippen LogP) is 16.9. The molecule has 69 heavy (non-hydrogen) atoms. The average molecular weight is 881 g/mol. The van der Waals surface area contributed by atoms with Crippen molar-refractivity contribution in [3.05, 3.63) is 218 Å². The van der Waals surface area contributed by atoms with Crippen molar-refractivity contribution >= 4 is 98.0 Å². The second-order valence-corrected chi connectivity index (χ2v) is 17.9. The highest BCUT2D eigenvalue weighted by atomic mass is 16.3. The molecule has 15 aromatic rings. The summed E-state index contributed by atoms with van der Waals surface area (Å²) in [6.07, 6.45) is 0. The Balaban J connectivity index is 1.12. The van der Waals surface area contributed by atoms with E-state index < -0.39 is 0 Å².